The lowest BCUT2D eigenvalue weighted by atomic mass is 10.1. The molecule has 2 aliphatic rings. The Bertz CT molecular complexity index is 321. The van der Waals surface area contributed by atoms with Crippen molar-refractivity contribution in [2.24, 2.45) is 0 Å². The van der Waals surface area contributed by atoms with Crippen LogP contribution in [0.1, 0.15) is 6.92 Å². The number of hydrogen-bond donors (Lipinski definition) is 2. The number of amides is 3. The van der Waals surface area contributed by atoms with Gasteiger partial charge in [-0.1, -0.05) is 0 Å². The van der Waals surface area contributed by atoms with Gasteiger partial charge in [0.15, 0.2) is 0 Å². The minimum absolute atomic E-state index is 0.00463. The van der Waals surface area contributed by atoms with E-state index in [-0.39, 0.29) is 18.0 Å². The third-order valence-electron chi connectivity index (χ3n) is 2.34. The summed E-state index contributed by atoms with van der Waals surface area (Å²) in [5, 5.41) is 5.28. The van der Waals surface area contributed by atoms with Crippen LogP contribution in [-0.4, -0.2) is 36.5 Å². The van der Waals surface area contributed by atoms with Crippen LogP contribution in [0.4, 0.5) is 4.79 Å². The standard InChI is InChI=1S/C8H11N3O2/c1-4-6-5(10-8(13)9-4)3-11(2)7(6)12/h4H,3H2,1-2H3,(H2,9,10,13). The Kier molecular flexibility index (Phi) is 1.55. The van der Waals surface area contributed by atoms with E-state index in [0.29, 0.717) is 12.1 Å². The number of hydrogen-bond acceptors (Lipinski definition) is 2. The van der Waals surface area contributed by atoms with Gasteiger partial charge in [-0.05, 0) is 6.92 Å². The van der Waals surface area contributed by atoms with Gasteiger partial charge in [-0.15, -0.1) is 0 Å². The average molecular weight is 181 g/mol. The summed E-state index contributed by atoms with van der Waals surface area (Å²) in [7, 11) is 1.72. The van der Waals surface area contributed by atoms with Crippen molar-refractivity contribution in [1.82, 2.24) is 15.5 Å². The summed E-state index contributed by atoms with van der Waals surface area (Å²) in [6, 6.07) is -0.407. The average Bonchev–Trinajstić information content (AvgIpc) is 2.27. The lowest BCUT2D eigenvalue weighted by Gasteiger charge is -2.21. The maximum Gasteiger partial charge on any atom is 0.319 e. The Morgan fingerprint density at radius 3 is 2.85 bits per heavy atom. The maximum absolute atomic E-state index is 11.5. The summed E-state index contributed by atoms with van der Waals surface area (Å²) < 4.78 is 0. The fraction of sp³-hybridized carbons (Fsp3) is 0.500. The summed E-state index contributed by atoms with van der Waals surface area (Å²) in [6.45, 7) is 2.32. The first-order valence-corrected chi connectivity index (χ1v) is 4.15. The van der Waals surface area contributed by atoms with Crippen LogP contribution in [0.15, 0.2) is 11.3 Å². The molecule has 2 rings (SSSR count). The molecule has 0 aromatic heterocycles. The summed E-state index contributed by atoms with van der Waals surface area (Å²) in [4.78, 5) is 24.2. The van der Waals surface area contributed by atoms with E-state index in [1.54, 1.807) is 11.9 Å². The molecule has 1 atom stereocenters. The first kappa shape index (κ1) is 8.10. The van der Waals surface area contributed by atoms with Crippen LogP contribution in [0.2, 0.25) is 0 Å². The van der Waals surface area contributed by atoms with Crippen LogP contribution in [0.5, 0.6) is 0 Å². The molecule has 2 aliphatic heterocycles. The zero-order chi connectivity index (χ0) is 9.59. The second-order valence-corrected chi connectivity index (χ2v) is 3.37. The number of carbonyl (C=O) groups excluding carboxylic acids is 2. The zero-order valence-electron chi connectivity index (χ0n) is 7.55. The maximum atomic E-state index is 11.5. The zero-order valence-corrected chi connectivity index (χ0v) is 7.55. The minimum atomic E-state index is -0.227. The number of carbonyl (C=O) groups is 2. The van der Waals surface area contributed by atoms with Gasteiger partial charge in [0.2, 0.25) is 0 Å². The van der Waals surface area contributed by atoms with Gasteiger partial charge in [0.25, 0.3) is 5.91 Å². The normalized spacial score (nSPS) is 27.2. The molecule has 0 saturated heterocycles. The molecule has 2 heterocycles. The van der Waals surface area contributed by atoms with Crippen molar-refractivity contribution in [2.45, 2.75) is 13.0 Å². The van der Waals surface area contributed by atoms with Gasteiger partial charge in [-0.3, -0.25) is 4.79 Å². The van der Waals surface area contributed by atoms with Crippen molar-refractivity contribution < 1.29 is 9.59 Å². The molecule has 2 N–H and O–H groups in total. The SMILES string of the molecule is CC1NC(=O)NC2=C1C(=O)N(C)C2. The van der Waals surface area contributed by atoms with Gasteiger partial charge in [0, 0.05) is 12.7 Å². The second kappa shape index (κ2) is 2.48. The highest BCUT2D eigenvalue weighted by Gasteiger charge is 2.35. The number of nitrogens with zero attached hydrogens (tertiary/aromatic N) is 1. The van der Waals surface area contributed by atoms with E-state index in [0.717, 1.165) is 5.70 Å². The molecular formula is C8H11N3O2. The Morgan fingerprint density at radius 2 is 2.15 bits per heavy atom. The van der Waals surface area contributed by atoms with Crippen LogP contribution >= 0.6 is 0 Å². The fourth-order valence-electron chi connectivity index (χ4n) is 1.72. The second-order valence-electron chi connectivity index (χ2n) is 3.37. The molecule has 3 amide bonds. The van der Waals surface area contributed by atoms with Gasteiger partial charge >= 0.3 is 6.03 Å². The van der Waals surface area contributed by atoms with Gasteiger partial charge in [0.05, 0.1) is 18.2 Å². The number of rotatable bonds is 0. The predicted octanol–water partition coefficient (Wildman–Crippen LogP) is -0.586. The fourth-order valence-corrected chi connectivity index (χ4v) is 1.72. The summed E-state index contributed by atoms with van der Waals surface area (Å²) in [6.07, 6.45) is 0. The van der Waals surface area contributed by atoms with Crippen LogP contribution in [0.25, 0.3) is 0 Å². The van der Waals surface area contributed by atoms with Crippen molar-refractivity contribution in [3.63, 3.8) is 0 Å². The van der Waals surface area contributed by atoms with E-state index in [4.69, 9.17) is 0 Å². The molecule has 5 heteroatoms. The predicted molar refractivity (Wildman–Crippen MR) is 45.8 cm³/mol. The molecule has 0 radical (unpaired) electrons. The Labute approximate surface area is 75.8 Å². The molecule has 5 nitrogen and oxygen atoms in total. The first-order valence-electron chi connectivity index (χ1n) is 4.15. The van der Waals surface area contributed by atoms with Gasteiger partial charge < -0.3 is 15.5 Å². The van der Waals surface area contributed by atoms with E-state index >= 15 is 0 Å². The lowest BCUT2D eigenvalue weighted by Crippen LogP contribution is -2.47. The Balaban J connectivity index is 2.37. The molecule has 1 unspecified atom stereocenters. The molecule has 0 aromatic carbocycles. The van der Waals surface area contributed by atoms with Gasteiger partial charge in [-0.25, -0.2) is 4.79 Å². The van der Waals surface area contributed by atoms with Gasteiger partial charge in [0.1, 0.15) is 0 Å². The molecule has 0 saturated carbocycles. The van der Waals surface area contributed by atoms with Crippen molar-refractivity contribution in [2.75, 3.05) is 13.6 Å². The van der Waals surface area contributed by atoms with Crippen molar-refractivity contribution in [1.29, 1.82) is 0 Å². The van der Waals surface area contributed by atoms with E-state index in [1.807, 2.05) is 6.92 Å². The quantitative estimate of drug-likeness (QED) is 0.525. The van der Waals surface area contributed by atoms with Crippen LogP contribution < -0.4 is 10.6 Å². The van der Waals surface area contributed by atoms with E-state index in [1.165, 1.54) is 0 Å². The van der Waals surface area contributed by atoms with Gasteiger partial charge in [-0.2, -0.15) is 0 Å². The van der Waals surface area contributed by atoms with E-state index in [2.05, 4.69) is 10.6 Å². The molecule has 0 bridgehead atoms. The summed E-state index contributed by atoms with van der Waals surface area (Å²) >= 11 is 0. The highest BCUT2D eigenvalue weighted by Crippen LogP contribution is 2.21. The smallest absolute Gasteiger partial charge is 0.319 e. The van der Waals surface area contributed by atoms with Crippen molar-refractivity contribution in [3.8, 4) is 0 Å². The van der Waals surface area contributed by atoms with Crippen molar-refractivity contribution in [3.05, 3.63) is 11.3 Å². The van der Waals surface area contributed by atoms with Crippen LogP contribution in [-0.2, 0) is 4.79 Å². The van der Waals surface area contributed by atoms with Crippen LogP contribution in [0, 0.1) is 0 Å². The summed E-state index contributed by atoms with van der Waals surface area (Å²) in [5.74, 6) is -0.00463. The first-order chi connectivity index (χ1) is 6.09. The highest BCUT2D eigenvalue weighted by molar-refractivity contribution is 6.00. The Hall–Kier alpha value is -1.52. The monoisotopic (exact) mass is 181 g/mol. The highest BCUT2D eigenvalue weighted by atomic mass is 16.2. The number of nitrogens with one attached hydrogen (secondary N) is 2. The molecule has 0 aromatic rings. The topological polar surface area (TPSA) is 61.4 Å². The van der Waals surface area contributed by atoms with Crippen LogP contribution in [0.3, 0.4) is 0 Å². The van der Waals surface area contributed by atoms with E-state index in [9.17, 15) is 9.59 Å². The summed E-state index contributed by atoms with van der Waals surface area (Å²) in [5.41, 5.74) is 1.42. The Morgan fingerprint density at radius 1 is 1.46 bits per heavy atom. The third kappa shape index (κ3) is 1.07. The van der Waals surface area contributed by atoms with E-state index < -0.39 is 0 Å². The number of urea groups is 1. The molecular weight excluding hydrogens is 170 g/mol. The minimum Gasteiger partial charge on any atom is -0.336 e. The molecule has 0 aliphatic carbocycles. The molecule has 70 valence electrons. The molecule has 0 spiro atoms. The van der Waals surface area contributed by atoms with Crippen molar-refractivity contribution >= 4 is 11.9 Å². The largest absolute Gasteiger partial charge is 0.336 e. The lowest BCUT2D eigenvalue weighted by molar-refractivity contribution is -0.124. The third-order valence-corrected chi connectivity index (χ3v) is 2.34. The molecule has 13 heavy (non-hydrogen) atoms. The molecule has 0 fully saturated rings. The number of likely N-dealkylation sites (N-methyl/N-ethyl adjacent to an activating group) is 1.